The van der Waals surface area contributed by atoms with Crippen molar-refractivity contribution in [2.45, 2.75) is 94.0 Å². The molecule has 0 bridgehead atoms. The Hall–Kier alpha value is -2.05. The molecule has 1 aliphatic carbocycles. The summed E-state index contributed by atoms with van der Waals surface area (Å²) in [7, 11) is 0. The van der Waals surface area contributed by atoms with Gasteiger partial charge in [-0.25, -0.2) is 0 Å². The van der Waals surface area contributed by atoms with E-state index in [2.05, 4.69) is 6.07 Å². The van der Waals surface area contributed by atoms with E-state index in [9.17, 15) is 14.7 Å². The molecule has 1 saturated heterocycles. The maximum absolute atomic E-state index is 13.4. The van der Waals surface area contributed by atoms with Crippen molar-refractivity contribution in [1.82, 2.24) is 0 Å². The summed E-state index contributed by atoms with van der Waals surface area (Å²) in [5.41, 5.74) is 3.31. The zero-order valence-corrected chi connectivity index (χ0v) is 20.6. The number of Topliss-reactive ketones (excluding diaryl/α,β-unsaturated/α-hetero) is 1. The number of hydrogen-bond donors (Lipinski definition) is 1. The Labute approximate surface area is 200 Å². The summed E-state index contributed by atoms with van der Waals surface area (Å²) < 4.78 is 11.2. The number of hydrogen-bond acceptors (Lipinski definition) is 6. The van der Waals surface area contributed by atoms with Gasteiger partial charge in [-0.05, 0) is 78.8 Å². The summed E-state index contributed by atoms with van der Waals surface area (Å²) in [6, 6.07) is 6.02. The summed E-state index contributed by atoms with van der Waals surface area (Å²) >= 11 is 1.34. The number of ketones is 1. The fourth-order valence-corrected chi connectivity index (χ4v) is 6.38. The van der Waals surface area contributed by atoms with Gasteiger partial charge in [-0.15, -0.1) is 11.8 Å². The highest BCUT2D eigenvalue weighted by atomic mass is 32.2. The Bertz CT molecular complexity index is 970. The van der Waals surface area contributed by atoms with E-state index in [-0.39, 0.29) is 24.7 Å². The van der Waals surface area contributed by atoms with Crippen LogP contribution in [0.25, 0.3) is 0 Å². The van der Waals surface area contributed by atoms with E-state index in [1.54, 1.807) is 12.5 Å². The first-order chi connectivity index (χ1) is 15.8. The summed E-state index contributed by atoms with van der Waals surface area (Å²) in [6.45, 7) is 5.99. The molecule has 2 fully saturated rings. The van der Waals surface area contributed by atoms with Crippen LogP contribution in [0, 0.1) is 12.8 Å². The number of rotatable bonds is 8. The lowest BCUT2D eigenvalue weighted by atomic mass is 9.78. The fourth-order valence-electron chi connectivity index (χ4n) is 5.16. The quantitative estimate of drug-likeness (QED) is 0.391. The maximum Gasteiger partial charge on any atom is 0.327 e. The van der Waals surface area contributed by atoms with Gasteiger partial charge in [0.15, 0.2) is 11.0 Å². The number of cyclic esters (lactones) is 1. The lowest BCUT2D eigenvalue weighted by Crippen LogP contribution is -2.52. The van der Waals surface area contributed by atoms with Crippen LogP contribution < -0.4 is 0 Å². The van der Waals surface area contributed by atoms with Gasteiger partial charge < -0.3 is 14.3 Å². The lowest BCUT2D eigenvalue weighted by molar-refractivity contribution is -0.176. The van der Waals surface area contributed by atoms with Crippen molar-refractivity contribution in [3.05, 3.63) is 53.0 Å². The fraction of sp³-hybridized carbons (Fsp3) is 0.556. The molecule has 6 heteroatoms. The molecule has 1 aromatic carbocycles. The molecular formula is C27H34O5S. The minimum absolute atomic E-state index is 0.00548. The standard InChI is InChI=1S/C27H34O5S/c1-17(2)27(10-8-19-9-11-31-16-19)14-23(29)25(26(30)32-27)33-24-12-18(3)21(15-28)13-22(24)20-6-4-5-7-20/h9,11-13,16-17,20,25,28H,4-8,10,14-15H2,1-3H3. The molecule has 2 aromatic rings. The van der Waals surface area contributed by atoms with E-state index >= 15 is 0 Å². The van der Waals surface area contributed by atoms with Crippen LogP contribution in [0.2, 0.25) is 0 Å². The van der Waals surface area contributed by atoms with Crippen molar-refractivity contribution in [1.29, 1.82) is 0 Å². The van der Waals surface area contributed by atoms with Gasteiger partial charge in [-0.1, -0.05) is 32.8 Å². The number of thioether (sulfide) groups is 1. The SMILES string of the molecule is Cc1cc(SC2C(=O)CC(CCc3ccoc3)(C(C)C)OC2=O)c(C2CCCC2)cc1CO. The van der Waals surface area contributed by atoms with Gasteiger partial charge in [-0.2, -0.15) is 0 Å². The van der Waals surface area contributed by atoms with E-state index in [4.69, 9.17) is 9.15 Å². The molecule has 0 radical (unpaired) electrons. The minimum Gasteiger partial charge on any atom is -0.472 e. The van der Waals surface area contributed by atoms with E-state index in [0.717, 1.165) is 40.0 Å². The Kier molecular flexibility index (Phi) is 7.34. The molecule has 1 N–H and O–H groups in total. The van der Waals surface area contributed by atoms with Crippen molar-refractivity contribution in [2.75, 3.05) is 0 Å². The van der Waals surface area contributed by atoms with E-state index < -0.39 is 16.8 Å². The summed E-state index contributed by atoms with van der Waals surface area (Å²) in [5, 5.41) is 8.93. The number of carbonyl (C=O) groups is 2. The van der Waals surface area contributed by atoms with Gasteiger partial charge in [0.05, 0.1) is 19.1 Å². The monoisotopic (exact) mass is 470 g/mol. The predicted molar refractivity (Wildman–Crippen MR) is 128 cm³/mol. The molecule has 2 heterocycles. The summed E-state index contributed by atoms with van der Waals surface area (Å²) in [4.78, 5) is 27.5. The molecule has 2 atom stereocenters. The van der Waals surface area contributed by atoms with Gasteiger partial charge in [0.2, 0.25) is 0 Å². The topological polar surface area (TPSA) is 76.7 Å². The summed E-state index contributed by atoms with van der Waals surface area (Å²) in [6.07, 6.45) is 9.44. The van der Waals surface area contributed by atoms with Crippen LogP contribution in [0.4, 0.5) is 0 Å². The van der Waals surface area contributed by atoms with Crippen molar-refractivity contribution in [3.8, 4) is 0 Å². The second-order valence-electron chi connectivity index (χ2n) is 9.87. The van der Waals surface area contributed by atoms with Crippen molar-refractivity contribution in [2.24, 2.45) is 5.92 Å². The Morgan fingerprint density at radius 2 is 1.97 bits per heavy atom. The number of ether oxygens (including phenoxy) is 1. The van der Waals surface area contributed by atoms with Gasteiger partial charge in [0, 0.05) is 11.3 Å². The Morgan fingerprint density at radius 1 is 1.21 bits per heavy atom. The average Bonchev–Trinajstić information content (AvgIpc) is 3.49. The number of aliphatic hydroxyl groups excluding tert-OH is 1. The van der Waals surface area contributed by atoms with Crippen molar-refractivity contribution >= 4 is 23.5 Å². The molecule has 1 aliphatic heterocycles. The third kappa shape index (κ3) is 5.07. The smallest absolute Gasteiger partial charge is 0.327 e. The highest BCUT2D eigenvalue weighted by Crippen LogP contribution is 2.44. The van der Waals surface area contributed by atoms with Crippen molar-refractivity contribution < 1.29 is 23.8 Å². The number of furan rings is 1. The normalized spacial score (nSPS) is 24.0. The predicted octanol–water partition coefficient (Wildman–Crippen LogP) is 5.74. The third-order valence-electron chi connectivity index (χ3n) is 7.43. The maximum atomic E-state index is 13.4. The molecule has 1 saturated carbocycles. The first kappa shape index (κ1) is 24.1. The molecule has 0 spiro atoms. The van der Waals surface area contributed by atoms with Crippen LogP contribution >= 0.6 is 11.8 Å². The van der Waals surface area contributed by atoms with Crippen LogP contribution in [0.3, 0.4) is 0 Å². The number of esters is 1. The van der Waals surface area contributed by atoms with E-state index in [1.807, 2.05) is 32.9 Å². The number of aryl methyl sites for hydroxylation is 2. The molecule has 2 unspecified atom stereocenters. The van der Waals surface area contributed by atoms with Crippen LogP contribution in [0.15, 0.2) is 40.0 Å². The number of carbonyl (C=O) groups excluding carboxylic acids is 2. The van der Waals surface area contributed by atoms with Gasteiger partial charge >= 0.3 is 5.97 Å². The molecule has 2 aliphatic rings. The number of aliphatic hydroxyl groups is 1. The first-order valence-corrected chi connectivity index (χ1v) is 12.9. The Morgan fingerprint density at radius 3 is 2.58 bits per heavy atom. The van der Waals surface area contributed by atoms with E-state index in [0.29, 0.717) is 18.8 Å². The van der Waals surface area contributed by atoms with Crippen LogP contribution in [-0.2, 0) is 27.4 Å². The van der Waals surface area contributed by atoms with Crippen LogP contribution in [0.5, 0.6) is 0 Å². The van der Waals surface area contributed by atoms with Crippen LogP contribution in [0.1, 0.15) is 80.5 Å². The zero-order chi connectivity index (χ0) is 23.6. The molecule has 33 heavy (non-hydrogen) atoms. The largest absolute Gasteiger partial charge is 0.472 e. The molecule has 178 valence electrons. The first-order valence-electron chi connectivity index (χ1n) is 12.0. The van der Waals surface area contributed by atoms with Crippen molar-refractivity contribution in [3.63, 3.8) is 0 Å². The minimum atomic E-state index is -0.842. The summed E-state index contributed by atoms with van der Waals surface area (Å²) in [5.74, 6) is -0.0435. The molecule has 5 nitrogen and oxygen atoms in total. The zero-order valence-electron chi connectivity index (χ0n) is 19.8. The molecular weight excluding hydrogens is 436 g/mol. The molecule has 0 amide bonds. The van der Waals surface area contributed by atoms with E-state index in [1.165, 1.54) is 24.6 Å². The average molecular weight is 471 g/mol. The Balaban J connectivity index is 1.56. The third-order valence-corrected chi connectivity index (χ3v) is 8.73. The van der Waals surface area contributed by atoms with Crippen LogP contribution in [-0.4, -0.2) is 27.7 Å². The second-order valence-corrected chi connectivity index (χ2v) is 11.0. The van der Waals surface area contributed by atoms with Gasteiger partial charge in [-0.3, -0.25) is 9.59 Å². The van der Waals surface area contributed by atoms with Gasteiger partial charge in [0.25, 0.3) is 0 Å². The highest BCUT2D eigenvalue weighted by Gasteiger charge is 2.49. The lowest BCUT2D eigenvalue weighted by Gasteiger charge is -2.41. The second kappa shape index (κ2) is 10.1. The number of benzene rings is 1. The highest BCUT2D eigenvalue weighted by molar-refractivity contribution is 8.01. The molecule has 1 aromatic heterocycles. The van der Waals surface area contributed by atoms with Gasteiger partial charge in [0.1, 0.15) is 5.60 Å². The molecule has 4 rings (SSSR count).